The summed E-state index contributed by atoms with van der Waals surface area (Å²) in [6.07, 6.45) is 7.27. The van der Waals surface area contributed by atoms with Gasteiger partial charge in [0.1, 0.15) is 0 Å². The van der Waals surface area contributed by atoms with Crippen LogP contribution in [0, 0.1) is 0 Å². The molecule has 0 atom stereocenters. The maximum absolute atomic E-state index is 12.2. The third kappa shape index (κ3) is 4.73. The summed E-state index contributed by atoms with van der Waals surface area (Å²) in [5.41, 5.74) is 3.54. The monoisotopic (exact) mass is 461 g/mol. The second kappa shape index (κ2) is 9.70. The molecule has 1 saturated carbocycles. The summed E-state index contributed by atoms with van der Waals surface area (Å²) in [5, 5.41) is 35.0. The van der Waals surface area contributed by atoms with Gasteiger partial charge in [-0.3, -0.25) is 9.20 Å². The van der Waals surface area contributed by atoms with E-state index in [-0.39, 0.29) is 12.5 Å². The Balaban J connectivity index is 0.00000133. The molecule has 0 bridgehead atoms. The number of hydrogen-bond acceptors (Lipinski definition) is 7. The van der Waals surface area contributed by atoms with Crippen molar-refractivity contribution in [3.63, 3.8) is 0 Å². The van der Waals surface area contributed by atoms with E-state index in [0.717, 1.165) is 24.1 Å². The van der Waals surface area contributed by atoms with E-state index in [1.165, 1.54) is 12.1 Å². The fourth-order valence-corrected chi connectivity index (χ4v) is 3.49. The summed E-state index contributed by atoms with van der Waals surface area (Å²) in [5.74, 6) is -0.885. The Morgan fingerprint density at radius 3 is 2.38 bits per heavy atom. The van der Waals surface area contributed by atoms with Gasteiger partial charge in [-0.1, -0.05) is 26.0 Å². The predicted molar refractivity (Wildman–Crippen MR) is 129 cm³/mol. The molecule has 0 unspecified atom stereocenters. The van der Waals surface area contributed by atoms with Gasteiger partial charge in [0.2, 0.25) is 0 Å². The van der Waals surface area contributed by atoms with Gasteiger partial charge in [-0.05, 0) is 42.7 Å². The molecule has 5 N–H and O–H groups in total. The number of fused-ring (bicyclic) bond motifs is 1. The molecule has 2 aromatic heterocycles. The van der Waals surface area contributed by atoms with Crippen LogP contribution < -0.4 is 10.6 Å². The highest BCUT2D eigenvalue weighted by Gasteiger charge is 2.23. The fraction of sp³-hybridized carbons (Fsp3) is 0.240. The number of aromatic hydroxyl groups is 3. The second-order valence-electron chi connectivity index (χ2n) is 7.77. The quantitative estimate of drug-likeness (QED) is 0.274. The van der Waals surface area contributed by atoms with Crippen molar-refractivity contribution in [3.8, 4) is 28.5 Å². The Kier molecular flexibility index (Phi) is 6.53. The van der Waals surface area contributed by atoms with Gasteiger partial charge in [0.05, 0.1) is 11.9 Å². The molecule has 0 spiro atoms. The number of nitrogens with one attached hydrogen (secondary N) is 2. The SMILES string of the molecule is CC.O=C(NC1CC1)c1ccc(-c2cnc3c(NCc4cc(O)c(O)c(O)c4)nccn23)cc1. The maximum Gasteiger partial charge on any atom is 0.251 e. The van der Waals surface area contributed by atoms with Crippen molar-refractivity contribution in [2.75, 3.05) is 5.32 Å². The molecule has 176 valence electrons. The normalized spacial score (nSPS) is 12.6. The predicted octanol–water partition coefficient (Wildman–Crippen LogP) is 4.04. The smallest absolute Gasteiger partial charge is 0.251 e. The summed E-state index contributed by atoms with van der Waals surface area (Å²) in [6.45, 7) is 4.25. The molecule has 1 amide bonds. The summed E-state index contributed by atoms with van der Waals surface area (Å²) in [6, 6.07) is 10.4. The number of anilines is 1. The first-order valence-corrected chi connectivity index (χ1v) is 11.2. The average Bonchev–Trinajstić information content (AvgIpc) is 3.57. The Morgan fingerprint density at radius 2 is 1.74 bits per heavy atom. The molecule has 0 radical (unpaired) electrons. The highest BCUT2D eigenvalue weighted by molar-refractivity contribution is 5.95. The first-order valence-electron chi connectivity index (χ1n) is 11.2. The van der Waals surface area contributed by atoms with Crippen LogP contribution in [0.4, 0.5) is 5.82 Å². The number of phenols is 3. The molecule has 2 aromatic carbocycles. The fourth-order valence-electron chi connectivity index (χ4n) is 3.49. The third-order valence-electron chi connectivity index (χ3n) is 5.37. The van der Waals surface area contributed by atoms with Crippen molar-refractivity contribution in [2.45, 2.75) is 39.3 Å². The van der Waals surface area contributed by atoms with Crippen LogP contribution >= 0.6 is 0 Å². The van der Waals surface area contributed by atoms with Crippen LogP contribution in [0.2, 0.25) is 0 Å². The molecule has 1 aliphatic carbocycles. The highest BCUT2D eigenvalue weighted by Crippen LogP contribution is 2.35. The Labute approximate surface area is 196 Å². The Morgan fingerprint density at radius 1 is 1.06 bits per heavy atom. The average molecular weight is 462 g/mol. The number of imidazole rings is 1. The molecule has 2 heterocycles. The molecule has 5 rings (SSSR count). The van der Waals surface area contributed by atoms with E-state index in [0.29, 0.717) is 28.6 Å². The van der Waals surface area contributed by atoms with Gasteiger partial charge in [0.25, 0.3) is 5.91 Å². The van der Waals surface area contributed by atoms with Gasteiger partial charge in [-0.2, -0.15) is 0 Å². The number of carbonyl (C=O) groups excluding carboxylic acids is 1. The first-order chi connectivity index (χ1) is 16.5. The molecule has 4 aromatic rings. The first kappa shape index (κ1) is 22.9. The van der Waals surface area contributed by atoms with Crippen LogP contribution in [0.5, 0.6) is 17.2 Å². The van der Waals surface area contributed by atoms with Crippen molar-refractivity contribution < 1.29 is 20.1 Å². The molecule has 1 fully saturated rings. The standard InChI is InChI=1S/C23H21N5O4.C2H6/c29-18-9-13(10-19(30)20(18)31)11-25-21-22-26-12-17(28(22)8-7-24-21)14-1-3-15(4-2-14)23(32)27-16-5-6-16;1-2/h1-4,7-10,12,16,29-31H,5-6,11H2,(H,24,25)(H,27,32);1-2H3. The molecule has 0 saturated heterocycles. The van der Waals surface area contributed by atoms with Gasteiger partial charge < -0.3 is 26.0 Å². The minimum atomic E-state index is -0.553. The molecule has 34 heavy (non-hydrogen) atoms. The van der Waals surface area contributed by atoms with E-state index in [2.05, 4.69) is 20.6 Å². The van der Waals surface area contributed by atoms with Crippen LogP contribution in [0.25, 0.3) is 16.9 Å². The van der Waals surface area contributed by atoms with E-state index in [4.69, 9.17) is 0 Å². The zero-order chi connectivity index (χ0) is 24.2. The Bertz CT molecular complexity index is 1290. The van der Waals surface area contributed by atoms with Crippen molar-refractivity contribution in [1.29, 1.82) is 0 Å². The van der Waals surface area contributed by atoms with Gasteiger partial charge in [-0.15, -0.1) is 0 Å². The number of aromatic nitrogens is 3. The van der Waals surface area contributed by atoms with E-state index in [1.54, 1.807) is 30.7 Å². The molecule has 9 nitrogen and oxygen atoms in total. The van der Waals surface area contributed by atoms with Gasteiger partial charge in [0, 0.05) is 36.1 Å². The lowest BCUT2D eigenvalue weighted by atomic mass is 10.1. The summed E-state index contributed by atoms with van der Waals surface area (Å²) < 4.78 is 1.89. The van der Waals surface area contributed by atoms with Gasteiger partial charge in [0.15, 0.2) is 28.7 Å². The van der Waals surface area contributed by atoms with Crippen LogP contribution in [0.15, 0.2) is 55.0 Å². The molecular formula is C25H27N5O4. The second-order valence-corrected chi connectivity index (χ2v) is 7.77. The molecule has 1 aliphatic rings. The number of hydrogen-bond donors (Lipinski definition) is 5. The van der Waals surface area contributed by atoms with E-state index >= 15 is 0 Å². The number of benzene rings is 2. The van der Waals surface area contributed by atoms with Crippen LogP contribution in [-0.4, -0.2) is 41.6 Å². The Hall–Kier alpha value is -4.27. The van der Waals surface area contributed by atoms with Gasteiger partial charge >= 0.3 is 0 Å². The van der Waals surface area contributed by atoms with Crippen LogP contribution in [-0.2, 0) is 6.54 Å². The van der Waals surface area contributed by atoms with Crippen LogP contribution in [0.3, 0.4) is 0 Å². The van der Waals surface area contributed by atoms with Crippen molar-refractivity contribution in [3.05, 3.63) is 66.1 Å². The lowest BCUT2D eigenvalue weighted by Gasteiger charge is -2.10. The molecular weight excluding hydrogens is 434 g/mol. The number of phenolic OH excluding ortho intramolecular Hbond substituents is 3. The largest absolute Gasteiger partial charge is 0.504 e. The zero-order valence-electron chi connectivity index (χ0n) is 19.0. The maximum atomic E-state index is 12.2. The third-order valence-corrected chi connectivity index (χ3v) is 5.37. The number of carbonyl (C=O) groups is 1. The highest BCUT2D eigenvalue weighted by atomic mass is 16.3. The minimum Gasteiger partial charge on any atom is -0.504 e. The zero-order valence-corrected chi connectivity index (χ0v) is 19.0. The lowest BCUT2D eigenvalue weighted by Crippen LogP contribution is -2.25. The lowest BCUT2D eigenvalue weighted by molar-refractivity contribution is 0.0951. The van der Waals surface area contributed by atoms with Crippen LogP contribution in [0.1, 0.15) is 42.6 Å². The van der Waals surface area contributed by atoms with E-state index < -0.39 is 17.2 Å². The van der Waals surface area contributed by atoms with E-state index in [9.17, 15) is 20.1 Å². The summed E-state index contributed by atoms with van der Waals surface area (Å²) in [7, 11) is 0. The van der Waals surface area contributed by atoms with Crippen molar-refractivity contribution >= 4 is 17.4 Å². The van der Waals surface area contributed by atoms with Gasteiger partial charge in [-0.25, -0.2) is 9.97 Å². The number of rotatable bonds is 6. The van der Waals surface area contributed by atoms with Crippen molar-refractivity contribution in [1.82, 2.24) is 19.7 Å². The molecule has 0 aliphatic heterocycles. The van der Waals surface area contributed by atoms with Crippen molar-refractivity contribution in [2.24, 2.45) is 0 Å². The summed E-state index contributed by atoms with van der Waals surface area (Å²) >= 11 is 0. The molecule has 9 heteroatoms. The minimum absolute atomic E-state index is 0.0563. The topological polar surface area (TPSA) is 132 Å². The van der Waals surface area contributed by atoms with E-state index in [1.807, 2.05) is 30.4 Å². The number of nitrogens with zero attached hydrogens (tertiary/aromatic N) is 3. The summed E-state index contributed by atoms with van der Waals surface area (Å²) in [4.78, 5) is 21.0. The number of amides is 1.